The van der Waals surface area contributed by atoms with Gasteiger partial charge in [0.2, 0.25) is 0 Å². The number of hydrogen-bond donors (Lipinski definition) is 2. The molecule has 2 N–H and O–H groups in total. The Hall–Kier alpha value is -1.59. The molecule has 1 saturated carbocycles. The van der Waals surface area contributed by atoms with Gasteiger partial charge in [0.1, 0.15) is 6.61 Å². The summed E-state index contributed by atoms with van der Waals surface area (Å²) in [7, 11) is 0. The van der Waals surface area contributed by atoms with Crippen LogP contribution in [-0.2, 0) is 0 Å². The van der Waals surface area contributed by atoms with E-state index in [1.807, 2.05) is 5.92 Å². The molecule has 2 heteroatoms. The monoisotopic (exact) mass is 243 g/mol. The predicted octanol–water partition coefficient (Wildman–Crippen LogP) is 3.28. The summed E-state index contributed by atoms with van der Waals surface area (Å²) in [6, 6.07) is 8.87. The molecule has 0 radical (unpaired) electrons. The zero-order valence-corrected chi connectivity index (χ0v) is 10.9. The normalized spacial score (nSPS) is 18.5. The second-order valence-electron chi connectivity index (χ2n) is 4.65. The maximum Gasteiger partial charge on any atom is 0.103 e. The van der Waals surface area contributed by atoms with Crippen molar-refractivity contribution >= 4 is 5.71 Å². The van der Waals surface area contributed by atoms with Gasteiger partial charge in [-0.05, 0) is 44.1 Å². The van der Waals surface area contributed by atoms with E-state index < -0.39 is 0 Å². The number of aliphatic hydroxyl groups is 1. The van der Waals surface area contributed by atoms with Gasteiger partial charge in [-0.1, -0.05) is 35.7 Å². The second-order valence-corrected chi connectivity index (χ2v) is 4.65. The number of aliphatic hydroxyl groups excluding tert-OH is 1. The van der Waals surface area contributed by atoms with Crippen LogP contribution in [0.5, 0.6) is 0 Å². The molecule has 1 fully saturated rings. The fourth-order valence-corrected chi connectivity index (χ4v) is 2.14. The zero-order valence-electron chi connectivity index (χ0n) is 10.9. The van der Waals surface area contributed by atoms with Crippen LogP contribution in [0.2, 0.25) is 0 Å². The van der Waals surface area contributed by atoms with Crippen molar-refractivity contribution in [3.05, 3.63) is 35.4 Å². The van der Waals surface area contributed by atoms with Crippen LogP contribution in [0.4, 0.5) is 0 Å². The Morgan fingerprint density at radius 1 is 1.28 bits per heavy atom. The predicted molar refractivity (Wildman–Crippen MR) is 76.0 cm³/mol. The Morgan fingerprint density at radius 3 is 2.22 bits per heavy atom. The largest absolute Gasteiger partial charge is 0.384 e. The maximum atomic E-state index is 7.64. The van der Waals surface area contributed by atoms with Crippen molar-refractivity contribution in [3.63, 3.8) is 0 Å². The SMILES string of the molecule is C#CCO.Cc1ccc(C2CCC(=N)CC2)cc1. The molecule has 1 aromatic rings. The summed E-state index contributed by atoms with van der Waals surface area (Å²) in [6.45, 7) is 1.97. The third kappa shape index (κ3) is 4.73. The first kappa shape index (κ1) is 14.5. The number of terminal acetylenes is 1. The molecular weight excluding hydrogens is 222 g/mol. The Kier molecular flexibility index (Phi) is 6.18. The topological polar surface area (TPSA) is 44.1 Å². The molecular formula is C16H21NO. The molecule has 0 aromatic heterocycles. The van der Waals surface area contributed by atoms with Crippen LogP contribution in [-0.4, -0.2) is 17.4 Å². The fraction of sp³-hybridized carbons (Fsp3) is 0.438. The van der Waals surface area contributed by atoms with Crippen molar-refractivity contribution in [2.24, 2.45) is 0 Å². The highest BCUT2D eigenvalue weighted by Gasteiger charge is 2.17. The molecule has 0 amide bonds. The first-order valence-electron chi connectivity index (χ1n) is 6.34. The number of hydrogen-bond acceptors (Lipinski definition) is 2. The summed E-state index contributed by atoms with van der Waals surface area (Å²) in [5.41, 5.74) is 3.73. The molecule has 0 bridgehead atoms. The van der Waals surface area contributed by atoms with Crippen molar-refractivity contribution in [1.82, 2.24) is 0 Å². The number of nitrogens with one attached hydrogen (secondary N) is 1. The van der Waals surface area contributed by atoms with Gasteiger partial charge in [0.25, 0.3) is 0 Å². The summed E-state index contributed by atoms with van der Waals surface area (Å²) in [4.78, 5) is 0. The summed E-state index contributed by atoms with van der Waals surface area (Å²) < 4.78 is 0. The summed E-state index contributed by atoms with van der Waals surface area (Å²) in [6.07, 6.45) is 8.86. The maximum absolute atomic E-state index is 7.64. The highest BCUT2D eigenvalue weighted by Crippen LogP contribution is 2.31. The molecule has 1 aliphatic rings. The van der Waals surface area contributed by atoms with Crippen LogP contribution in [0.15, 0.2) is 24.3 Å². The van der Waals surface area contributed by atoms with Gasteiger partial charge in [-0.2, -0.15) is 0 Å². The average Bonchev–Trinajstić information content (AvgIpc) is 2.41. The van der Waals surface area contributed by atoms with E-state index in [-0.39, 0.29) is 6.61 Å². The molecule has 1 aliphatic carbocycles. The lowest BCUT2D eigenvalue weighted by atomic mass is 9.83. The molecule has 0 aliphatic heterocycles. The van der Waals surface area contributed by atoms with Crippen molar-refractivity contribution in [3.8, 4) is 12.3 Å². The van der Waals surface area contributed by atoms with E-state index in [1.54, 1.807) is 0 Å². The van der Waals surface area contributed by atoms with E-state index in [9.17, 15) is 0 Å². The Morgan fingerprint density at radius 2 is 1.78 bits per heavy atom. The lowest BCUT2D eigenvalue weighted by Gasteiger charge is -2.22. The quantitative estimate of drug-likeness (QED) is 0.730. The minimum Gasteiger partial charge on any atom is -0.384 e. The highest BCUT2D eigenvalue weighted by atomic mass is 16.2. The van der Waals surface area contributed by atoms with E-state index in [0.717, 1.165) is 18.6 Å². The lowest BCUT2D eigenvalue weighted by Crippen LogP contribution is -2.11. The molecule has 1 aromatic carbocycles. The van der Waals surface area contributed by atoms with E-state index >= 15 is 0 Å². The average molecular weight is 243 g/mol. The zero-order chi connectivity index (χ0) is 13.4. The highest BCUT2D eigenvalue weighted by molar-refractivity contribution is 5.82. The second kappa shape index (κ2) is 7.68. The van der Waals surface area contributed by atoms with Gasteiger partial charge in [-0.15, -0.1) is 6.42 Å². The molecule has 18 heavy (non-hydrogen) atoms. The molecule has 0 atom stereocenters. The van der Waals surface area contributed by atoms with Crippen LogP contribution in [0, 0.1) is 24.7 Å². The van der Waals surface area contributed by atoms with Gasteiger partial charge >= 0.3 is 0 Å². The standard InChI is InChI=1S/C13H17N.C3H4O/c1-10-2-4-11(5-3-10)12-6-8-13(14)9-7-12;1-2-3-4/h2-5,12,14H,6-9H2,1H3;1,4H,3H2. The number of rotatable bonds is 1. The summed E-state index contributed by atoms with van der Waals surface area (Å²) >= 11 is 0. The molecule has 2 rings (SSSR count). The van der Waals surface area contributed by atoms with Gasteiger partial charge in [-0.25, -0.2) is 0 Å². The molecule has 0 spiro atoms. The third-order valence-electron chi connectivity index (χ3n) is 3.23. The summed E-state index contributed by atoms with van der Waals surface area (Å²) in [5.74, 6) is 2.68. The minimum atomic E-state index is -0.153. The lowest BCUT2D eigenvalue weighted by molar-refractivity contribution is 0.351. The smallest absolute Gasteiger partial charge is 0.103 e. The van der Waals surface area contributed by atoms with E-state index in [4.69, 9.17) is 10.5 Å². The van der Waals surface area contributed by atoms with Crippen LogP contribution in [0.25, 0.3) is 0 Å². The fourth-order valence-electron chi connectivity index (χ4n) is 2.14. The van der Waals surface area contributed by atoms with E-state index in [0.29, 0.717) is 5.92 Å². The number of benzene rings is 1. The Bertz CT molecular complexity index is 404. The van der Waals surface area contributed by atoms with E-state index in [2.05, 4.69) is 37.6 Å². The van der Waals surface area contributed by atoms with Crippen molar-refractivity contribution in [2.45, 2.75) is 38.5 Å². The van der Waals surface area contributed by atoms with Crippen LogP contribution < -0.4 is 0 Å². The molecule has 0 unspecified atom stereocenters. The third-order valence-corrected chi connectivity index (χ3v) is 3.23. The summed E-state index contributed by atoms with van der Waals surface area (Å²) in [5, 5.41) is 15.2. The van der Waals surface area contributed by atoms with Gasteiger partial charge in [0.15, 0.2) is 0 Å². The Balaban J connectivity index is 0.000000357. The molecule has 0 heterocycles. The van der Waals surface area contributed by atoms with Crippen LogP contribution in [0.3, 0.4) is 0 Å². The van der Waals surface area contributed by atoms with Gasteiger partial charge < -0.3 is 10.5 Å². The minimum absolute atomic E-state index is 0.153. The van der Waals surface area contributed by atoms with Gasteiger partial charge in [0, 0.05) is 5.71 Å². The molecule has 2 nitrogen and oxygen atoms in total. The van der Waals surface area contributed by atoms with Crippen LogP contribution >= 0.6 is 0 Å². The first-order valence-corrected chi connectivity index (χ1v) is 6.34. The van der Waals surface area contributed by atoms with Gasteiger partial charge in [-0.3, -0.25) is 0 Å². The van der Waals surface area contributed by atoms with E-state index in [1.165, 1.54) is 24.0 Å². The number of aryl methyl sites for hydroxylation is 1. The van der Waals surface area contributed by atoms with Gasteiger partial charge in [0.05, 0.1) is 0 Å². The Labute approximate surface area is 110 Å². The first-order chi connectivity index (χ1) is 8.67. The van der Waals surface area contributed by atoms with Crippen molar-refractivity contribution in [2.75, 3.05) is 6.61 Å². The molecule has 0 saturated heterocycles. The van der Waals surface area contributed by atoms with Crippen molar-refractivity contribution < 1.29 is 5.11 Å². The van der Waals surface area contributed by atoms with Crippen LogP contribution in [0.1, 0.15) is 42.7 Å². The van der Waals surface area contributed by atoms with Crippen molar-refractivity contribution in [1.29, 1.82) is 5.41 Å². The molecule has 96 valence electrons.